The van der Waals surface area contributed by atoms with Crippen molar-refractivity contribution in [3.8, 4) is 5.75 Å². The number of rotatable bonds is 5. The maximum atomic E-state index is 12.0. The molecule has 0 fully saturated rings. The highest BCUT2D eigenvalue weighted by atomic mass is 32.2. The molecule has 0 unspecified atom stereocenters. The number of thioether (sulfide) groups is 2. The van der Waals surface area contributed by atoms with Gasteiger partial charge in [0.25, 0.3) is 0 Å². The standard InChI is InChI=1S/C14H18N2O2S2/c1-10(20-14-15-7-8-19-14)13(17)16-9-11-3-5-12(18-2)6-4-11/h3-6,10H,7-9H2,1-2H3,(H,16,17)/t10-/m1/s1. The van der Waals surface area contributed by atoms with Gasteiger partial charge in [-0.1, -0.05) is 35.7 Å². The third-order valence-electron chi connectivity index (χ3n) is 2.83. The van der Waals surface area contributed by atoms with Crippen molar-refractivity contribution in [2.75, 3.05) is 19.4 Å². The van der Waals surface area contributed by atoms with Gasteiger partial charge in [0.15, 0.2) is 0 Å². The molecule has 0 aromatic heterocycles. The zero-order chi connectivity index (χ0) is 14.4. The van der Waals surface area contributed by atoms with Crippen molar-refractivity contribution in [1.82, 2.24) is 5.32 Å². The van der Waals surface area contributed by atoms with Gasteiger partial charge in [0.05, 0.1) is 18.9 Å². The average molecular weight is 310 g/mol. The number of benzene rings is 1. The molecule has 1 aromatic rings. The molecule has 1 heterocycles. The number of methoxy groups -OCH3 is 1. The maximum absolute atomic E-state index is 12.0. The summed E-state index contributed by atoms with van der Waals surface area (Å²) in [5.41, 5.74) is 1.06. The van der Waals surface area contributed by atoms with E-state index >= 15 is 0 Å². The maximum Gasteiger partial charge on any atom is 0.233 e. The second-order valence-electron chi connectivity index (χ2n) is 4.32. The first-order valence-electron chi connectivity index (χ1n) is 6.43. The van der Waals surface area contributed by atoms with Crippen LogP contribution in [0.2, 0.25) is 0 Å². The van der Waals surface area contributed by atoms with Crippen LogP contribution >= 0.6 is 23.5 Å². The highest BCUT2D eigenvalue weighted by Gasteiger charge is 2.18. The Balaban J connectivity index is 1.78. The Labute approximate surface area is 127 Å². The molecular weight excluding hydrogens is 292 g/mol. The minimum Gasteiger partial charge on any atom is -0.497 e. The summed E-state index contributed by atoms with van der Waals surface area (Å²) < 4.78 is 6.13. The number of ether oxygens (including phenoxy) is 1. The number of carbonyl (C=O) groups is 1. The molecule has 0 bridgehead atoms. The summed E-state index contributed by atoms with van der Waals surface area (Å²) in [4.78, 5) is 16.4. The van der Waals surface area contributed by atoms with Crippen molar-refractivity contribution in [3.05, 3.63) is 29.8 Å². The van der Waals surface area contributed by atoms with Gasteiger partial charge in [-0.15, -0.1) is 0 Å². The van der Waals surface area contributed by atoms with Crippen LogP contribution in [0.1, 0.15) is 12.5 Å². The van der Waals surface area contributed by atoms with E-state index in [9.17, 15) is 4.79 Å². The molecule has 0 saturated carbocycles. The molecule has 1 N–H and O–H groups in total. The third kappa shape index (κ3) is 4.45. The number of hydrogen-bond acceptors (Lipinski definition) is 5. The molecule has 0 aliphatic carbocycles. The van der Waals surface area contributed by atoms with Crippen molar-refractivity contribution in [2.45, 2.75) is 18.7 Å². The van der Waals surface area contributed by atoms with Gasteiger partial charge in [-0.3, -0.25) is 9.79 Å². The van der Waals surface area contributed by atoms with Crippen molar-refractivity contribution >= 4 is 33.8 Å². The predicted molar refractivity (Wildman–Crippen MR) is 86.7 cm³/mol. The summed E-state index contributed by atoms with van der Waals surface area (Å²) in [6, 6.07) is 7.69. The van der Waals surface area contributed by atoms with Crippen LogP contribution in [0.4, 0.5) is 0 Å². The fraction of sp³-hybridized carbons (Fsp3) is 0.429. The lowest BCUT2D eigenvalue weighted by atomic mass is 10.2. The SMILES string of the molecule is COc1ccc(CNC(=O)[C@@H](C)SC2=NCCS2)cc1. The van der Waals surface area contributed by atoms with E-state index in [4.69, 9.17) is 4.74 Å². The Morgan fingerprint density at radius 1 is 1.50 bits per heavy atom. The third-order valence-corrected chi connectivity index (χ3v) is 5.13. The van der Waals surface area contributed by atoms with E-state index in [1.54, 1.807) is 18.9 Å². The minimum absolute atomic E-state index is 0.0426. The van der Waals surface area contributed by atoms with Gasteiger partial charge in [-0.25, -0.2) is 0 Å². The van der Waals surface area contributed by atoms with Crippen LogP contribution in [-0.2, 0) is 11.3 Å². The van der Waals surface area contributed by atoms with Crippen LogP contribution < -0.4 is 10.1 Å². The molecule has 20 heavy (non-hydrogen) atoms. The number of nitrogens with zero attached hydrogens (tertiary/aromatic N) is 1. The fourth-order valence-corrected chi connectivity index (χ4v) is 3.82. The Bertz CT molecular complexity index is 488. The zero-order valence-corrected chi connectivity index (χ0v) is 13.2. The number of nitrogens with one attached hydrogen (secondary N) is 1. The molecule has 1 atom stereocenters. The second kappa shape index (κ2) is 7.59. The van der Waals surface area contributed by atoms with E-state index in [1.165, 1.54) is 11.8 Å². The lowest BCUT2D eigenvalue weighted by Crippen LogP contribution is -2.30. The molecule has 0 spiro atoms. The predicted octanol–water partition coefficient (Wildman–Crippen LogP) is 2.54. The van der Waals surface area contributed by atoms with E-state index in [0.717, 1.165) is 28.0 Å². The molecule has 1 aliphatic rings. The minimum atomic E-state index is -0.113. The molecule has 108 valence electrons. The van der Waals surface area contributed by atoms with Gasteiger partial charge in [0, 0.05) is 12.3 Å². The zero-order valence-electron chi connectivity index (χ0n) is 11.6. The number of amides is 1. The first-order chi connectivity index (χ1) is 9.69. The molecule has 1 aromatic carbocycles. The van der Waals surface area contributed by atoms with Crippen molar-refractivity contribution in [1.29, 1.82) is 0 Å². The number of hydrogen-bond donors (Lipinski definition) is 1. The monoisotopic (exact) mass is 310 g/mol. The summed E-state index contributed by atoms with van der Waals surface area (Å²) in [5.74, 6) is 1.89. The number of aliphatic imine (C=N–C) groups is 1. The molecule has 2 rings (SSSR count). The van der Waals surface area contributed by atoms with Crippen LogP contribution in [0.15, 0.2) is 29.3 Å². The normalized spacial score (nSPS) is 15.6. The first kappa shape index (κ1) is 15.3. The van der Waals surface area contributed by atoms with E-state index < -0.39 is 0 Å². The molecule has 0 saturated heterocycles. The second-order valence-corrected chi connectivity index (χ2v) is 6.99. The Morgan fingerprint density at radius 3 is 2.85 bits per heavy atom. The summed E-state index contributed by atoms with van der Waals surface area (Å²) in [6.45, 7) is 3.32. The average Bonchev–Trinajstić information content (AvgIpc) is 2.98. The van der Waals surface area contributed by atoms with E-state index in [2.05, 4.69) is 10.3 Å². The lowest BCUT2D eigenvalue weighted by molar-refractivity contribution is -0.120. The summed E-state index contributed by atoms with van der Waals surface area (Å²) in [7, 11) is 1.64. The molecular formula is C14H18N2O2S2. The quantitative estimate of drug-likeness (QED) is 0.908. The Hall–Kier alpha value is -1.14. The van der Waals surface area contributed by atoms with Gasteiger partial charge in [-0.05, 0) is 24.6 Å². The van der Waals surface area contributed by atoms with Gasteiger partial charge >= 0.3 is 0 Å². The number of carbonyl (C=O) groups excluding carboxylic acids is 1. The van der Waals surface area contributed by atoms with E-state index in [0.29, 0.717) is 6.54 Å². The summed E-state index contributed by atoms with van der Waals surface area (Å²) >= 11 is 3.26. The first-order valence-corrected chi connectivity index (χ1v) is 8.30. The largest absolute Gasteiger partial charge is 0.497 e. The van der Waals surface area contributed by atoms with Crippen LogP contribution in [0, 0.1) is 0 Å². The highest BCUT2D eigenvalue weighted by molar-refractivity contribution is 8.39. The van der Waals surface area contributed by atoms with Crippen molar-refractivity contribution < 1.29 is 9.53 Å². The van der Waals surface area contributed by atoms with E-state index in [1.807, 2.05) is 31.2 Å². The van der Waals surface area contributed by atoms with Gasteiger partial charge < -0.3 is 10.1 Å². The molecule has 1 aliphatic heterocycles. The van der Waals surface area contributed by atoms with Crippen molar-refractivity contribution in [2.24, 2.45) is 4.99 Å². The van der Waals surface area contributed by atoms with Gasteiger partial charge in [0.2, 0.25) is 5.91 Å². The van der Waals surface area contributed by atoms with Crippen molar-refractivity contribution in [3.63, 3.8) is 0 Å². The summed E-state index contributed by atoms with van der Waals surface area (Å²) in [5, 5.41) is 2.83. The van der Waals surface area contributed by atoms with Crippen LogP contribution in [0.25, 0.3) is 0 Å². The molecule has 1 amide bonds. The topological polar surface area (TPSA) is 50.7 Å². The highest BCUT2D eigenvalue weighted by Crippen LogP contribution is 2.25. The van der Waals surface area contributed by atoms with E-state index in [-0.39, 0.29) is 11.2 Å². The molecule has 6 heteroatoms. The molecule has 4 nitrogen and oxygen atoms in total. The summed E-state index contributed by atoms with van der Waals surface area (Å²) in [6.07, 6.45) is 0. The van der Waals surface area contributed by atoms with Crippen LogP contribution in [0.5, 0.6) is 5.75 Å². The van der Waals surface area contributed by atoms with Gasteiger partial charge in [-0.2, -0.15) is 0 Å². The van der Waals surface area contributed by atoms with Crippen LogP contribution in [0.3, 0.4) is 0 Å². The lowest BCUT2D eigenvalue weighted by Gasteiger charge is -2.11. The molecule has 0 radical (unpaired) electrons. The van der Waals surface area contributed by atoms with Gasteiger partial charge in [0.1, 0.15) is 10.1 Å². The fourth-order valence-electron chi connectivity index (χ4n) is 1.67. The Kier molecular flexibility index (Phi) is 5.79. The van der Waals surface area contributed by atoms with Crippen LogP contribution in [-0.4, -0.2) is 34.9 Å². The Morgan fingerprint density at radius 2 is 2.25 bits per heavy atom. The smallest absolute Gasteiger partial charge is 0.233 e.